The van der Waals surface area contributed by atoms with Crippen molar-refractivity contribution in [2.45, 2.75) is 197 Å². The minimum atomic E-state index is -1.50. The van der Waals surface area contributed by atoms with Crippen molar-refractivity contribution in [2.24, 2.45) is 11.8 Å². The van der Waals surface area contributed by atoms with Crippen LogP contribution in [0.15, 0.2) is 54.6 Å². The van der Waals surface area contributed by atoms with Crippen LogP contribution < -0.4 is 0 Å². The van der Waals surface area contributed by atoms with E-state index in [1.807, 2.05) is 31.2 Å². The van der Waals surface area contributed by atoms with Crippen molar-refractivity contribution in [2.75, 3.05) is 21.2 Å². The summed E-state index contributed by atoms with van der Waals surface area (Å²) in [7, 11) is 4.91. The smallest absolute Gasteiger partial charge is 0.309 e. The number of aliphatic hydroxyl groups is 3. The highest BCUT2D eigenvalue weighted by Gasteiger charge is 2.53. The van der Waals surface area contributed by atoms with Gasteiger partial charge in [-0.05, 0) is 84.9 Å². The quantitative estimate of drug-likeness (QED) is 0.0799. The number of likely N-dealkylation sites (N-methyl/N-ethyl adjacent to an activating group) is 1. The van der Waals surface area contributed by atoms with Crippen LogP contribution in [0.4, 0.5) is 0 Å². The number of aliphatic hydroxyl groups excluding tert-OH is 2. The van der Waals surface area contributed by atoms with Crippen LogP contribution >= 0.6 is 0 Å². The van der Waals surface area contributed by atoms with E-state index in [-0.39, 0.29) is 32.1 Å². The number of methoxy groups -OCH3 is 1. The average molecular weight is 932 g/mol. The molecule has 16 nitrogen and oxygen atoms in total. The Kier molecular flexibility index (Phi) is 22.4. The van der Waals surface area contributed by atoms with Gasteiger partial charge in [-0.3, -0.25) is 14.4 Å². The van der Waals surface area contributed by atoms with E-state index in [1.54, 1.807) is 71.8 Å². The Morgan fingerprint density at radius 3 is 2.30 bits per heavy atom. The van der Waals surface area contributed by atoms with Gasteiger partial charge in [0.1, 0.15) is 42.4 Å². The van der Waals surface area contributed by atoms with E-state index < -0.39 is 121 Å². The molecule has 0 amide bonds. The lowest BCUT2D eigenvalue weighted by molar-refractivity contribution is -0.344. The molecule has 372 valence electrons. The fourth-order valence-electron chi connectivity index (χ4n) is 9.21. The highest BCUT2D eigenvalue weighted by Crippen LogP contribution is 2.38. The van der Waals surface area contributed by atoms with Crippen molar-refractivity contribution in [1.29, 1.82) is 0 Å². The first-order valence-electron chi connectivity index (χ1n) is 23.7. The fraction of sp³-hybridized carbons (Fsp3) is 0.720. The molecular weight excluding hydrogens is 855 g/mol. The number of hydrogen-bond donors (Lipinski definition) is 3. The van der Waals surface area contributed by atoms with Crippen LogP contribution in [0.2, 0.25) is 0 Å². The summed E-state index contributed by atoms with van der Waals surface area (Å²) in [4.78, 5) is 53.8. The topological polar surface area (TPSA) is 206 Å². The van der Waals surface area contributed by atoms with Crippen molar-refractivity contribution in [3.05, 3.63) is 60.2 Å². The normalized spacial score (nSPS) is 37.0. The number of cyclic esters (lactones) is 1. The van der Waals surface area contributed by atoms with Gasteiger partial charge in [0.2, 0.25) is 0 Å². The molecule has 16 atom stereocenters. The highest BCUT2D eigenvalue weighted by molar-refractivity contribution is 5.73. The predicted octanol–water partition coefficient (Wildman–Crippen LogP) is 5.16. The van der Waals surface area contributed by atoms with E-state index in [0.29, 0.717) is 12.8 Å². The number of aldehydes is 1. The molecule has 66 heavy (non-hydrogen) atoms. The van der Waals surface area contributed by atoms with E-state index in [1.165, 1.54) is 12.7 Å². The molecule has 3 N–H and O–H groups in total. The van der Waals surface area contributed by atoms with Crippen LogP contribution in [0.1, 0.15) is 111 Å². The van der Waals surface area contributed by atoms with Crippen molar-refractivity contribution in [3.8, 4) is 0 Å². The molecular formula is C50H77NO15. The summed E-state index contributed by atoms with van der Waals surface area (Å²) >= 11 is 0. The highest BCUT2D eigenvalue weighted by atomic mass is 16.7. The minimum Gasteiger partial charge on any atom is -0.462 e. The summed E-state index contributed by atoms with van der Waals surface area (Å²) in [6, 6.07) is 9.29. The Bertz CT molecular complexity index is 1710. The molecule has 0 radical (unpaired) electrons. The van der Waals surface area contributed by atoms with Gasteiger partial charge >= 0.3 is 17.9 Å². The number of nitrogens with zero attached hydrogens (tertiary/aromatic N) is 1. The zero-order valence-corrected chi connectivity index (χ0v) is 40.4. The molecule has 0 spiro atoms. The van der Waals surface area contributed by atoms with E-state index in [4.69, 9.17) is 37.9 Å². The maximum Gasteiger partial charge on any atom is 0.309 e. The summed E-state index contributed by atoms with van der Waals surface area (Å²) in [5, 5.41) is 34.9. The molecule has 2 fully saturated rings. The number of allylic oxidation sites excluding steroid dienone is 2. The first kappa shape index (κ1) is 55.0. The number of aryl methyl sites for hydroxylation is 1. The average Bonchev–Trinajstić information content (AvgIpc) is 3.25. The lowest BCUT2D eigenvalue weighted by Crippen LogP contribution is -2.66. The van der Waals surface area contributed by atoms with Gasteiger partial charge < -0.3 is 62.9 Å². The molecule has 3 aliphatic rings. The van der Waals surface area contributed by atoms with Crippen LogP contribution in [0.3, 0.4) is 0 Å². The van der Waals surface area contributed by atoms with Crippen LogP contribution in [0.5, 0.6) is 0 Å². The number of benzene rings is 1. The largest absolute Gasteiger partial charge is 0.462 e. The summed E-state index contributed by atoms with van der Waals surface area (Å²) in [5.41, 5.74) is -0.290. The molecule has 3 aliphatic heterocycles. The molecule has 1 aromatic carbocycles. The van der Waals surface area contributed by atoms with Gasteiger partial charge in [0.05, 0.1) is 36.9 Å². The molecule has 0 bridgehead atoms. The maximum absolute atomic E-state index is 13.7. The van der Waals surface area contributed by atoms with Gasteiger partial charge in [0, 0.05) is 39.2 Å². The Labute approximate surface area is 391 Å². The Morgan fingerprint density at radius 1 is 0.924 bits per heavy atom. The van der Waals surface area contributed by atoms with Gasteiger partial charge in [-0.1, -0.05) is 74.9 Å². The van der Waals surface area contributed by atoms with Crippen LogP contribution in [0, 0.1) is 11.8 Å². The molecule has 4 rings (SSSR count). The first-order valence-corrected chi connectivity index (χ1v) is 23.7. The number of unbranched alkanes of at least 4 members (excludes halogenated alkanes) is 2. The molecule has 0 saturated carbocycles. The van der Waals surface area contributed by atoms with Crippen LogP contribution in [0.25, 0.3) is 0 Å². The molecule has 3 heterocycles. The first-order chi connectivity index (χ1) is 31.4. The molecule has 0 aromatic heterocycles. The minimum absolute atomic E-state index is 0.0477. The van der Waals surface area contributed by atoms with Gasteiger partial charge in [0.25, 0.3) is 0 Å². The second-order valence-corrected chi connectivity index (χ2v) is 18.6. The number of ether oxygens (including phenoxy) is 8. The fourth-order valence-corrected chi connectivity index (χ4v) is 9.21. The van der Waals surface area contributed by atoms with E-state index in [0.717, 1.165) is 25.5 Å². The summed E-state index contributed by atoms with van der Waals surface area (Å²) < 4.78 is 49.5. The van der Waals surface area contributed by atoms with E-state index >= 15 is 0 Å². The third kappa shape index (κ3) is 16.3. The standard InChI is InChI=1S/C50H77NO15/c1-10-39(54)64-48-34(5)61-42(30-50(48,6)58)65-45-33(4)62-49(44(57)43(45)51(7)8)66-46-36(26-27-52)28-31(2)37(53)24-18-11-14-20-32(3)60-41(56)29-38(47(46)59-9)63-40(55)25-19-13-17-23-35-21-15-12-16-22-35/h11-12,14-16,18,21-22,24,27,31-34,36-38,42-49,53,57-58H,10,13,17,19-20,23,25-26,28-30H2,1-9H3/b14-11+,24-18+/t31-,32-,33-,34+,36+,37+,38-,42+,43-,44-,45-,46+,47+,48+,49+,50-/m1/s1. The molecule has 1 aromatic rings. The molecule has 0 unspecified atom stereocenters. The Balaban J connectivity index is 1.65. The number of carbonyl (C=O) groups is 4. The number of rotatable bonds is 17. The lowest BCUT2D eigenvalue weighted by Gasteiger charge is -2.50. The van der Waals surface area contributed by atoms with Gasteiger partial charge in [0.15, 0.2) is 18.7 Å². The third-order valence-electron chi connectivity index (χ3n) is 12.8. The van der Waals surface area contributed by atoms with Crippen molar-refractivity contribution in [1.82, 2.24) is 4.90 Å². The van der Waals surface area contributed by atoms with Crippen molar-refractivity contribution < 1.29 is 72.4 Å². The second-order valence-electron chi connectivity index (χ2n) is 18.6. The second kappa shape index (κ2) is 26.8. The van der Waals surface area contributed by atoms with Gasteiger partial charge in [-0.2, -0.15) is 0 Å². The summed E-state index contributed by atoms with van der Waals surface area (Å²) in [6.45, 7) is 10.2. The SMILES string of the molecule is CCC(=O)O[C@H]1[C@H](C)O[C@@H](O[C@H]2[C@H](N(C)C)[C@@H](O)[C@H](O[C@H]3[C@@H](CC=O)C[C@@H](C)[C@@H](O)/C=C/C=C/C[C@@H](C)OC(=O)C[C@@H](OC(=O)CCCCCc4ccccc4)[C@@H]3OC)O[C@@H]2C)C[C@@]1(C)O. The van der Waals surface area contributed by atoms with Gasteiger partial charge in [-0.25, -0.2) is 0 Å². The predicted molar refractivity (Wildman–Crippen MR) is 244 cm³/mol. The van der Waals surface area contributed by atoms with E-state index in [2.05, 4.69) is 12.1 Å². The summed E-state index contributed by atoms with van der Waals surface area (Å²) in [6.07, 6.45) is -1.08. The number of esters is 3. The van der Waals surface area contributed by atoms with Crippen LogP contribution in [-0.4, -0.2) is 151 Å². The van der Waals surface area contributed by atoms with Crippen molar-refractivity contribution >= 4 is 24.2 Å². The molecule has 0 aliphatic carbocycles. The zero-order valence-electron chi connectivity index (χ0n) is 40.4. The number of hydrogen-bond acceptors (Lipinski definition) is 16. The van der Waals surface area contributed by atoms with E-state index in [9.17, 15) is 34.5 Å². The maximum atomic E-state index is 13.7. The summed E-state index contributed by atoms with van der Waals surface area (Å²) in [5.74, 6) is -2.79. The third-order valence-corrected chi connectivity index (χ3v) is 12.8. The lowest BCUT2D eigenvalue weighted by atomic mass is 9.82. The van der Waals surface area contributed by atoms with Gasteiger partial charge in [-0.15, -0.1) is 0 Å². The van der Waals surface area contributed by atoms with Crippen LogP contribution in [-0.2, 0) is 63.5 Å². The monoisotopic (exact) mass is 932 g/mol. The Morgan fingerprint density at radius 2 is 1.65 bits per heavy atom. The number of carbonyl (C=O) groups excluding carboxylic acids is 4. The van der Waals surface area contributed by atoms with Crippen molar-refractivity contribution in [3.63, 3.8) is 0 Å². The zero-order chi connectivity index (χ0) is 48.6. The molecule has 16 heteroatoms. The Hall–Kier alpha value is -3.58. The molecule has 2 saturated heterocycles.